The summed E-state index contributed by atoms with van der Waals surface area (Å²) in [5.41, 5.74) is 5.59. The zero-order chi connectivity index (χ0) is 12.8. The SMILES string of the molecule is CC(C)C(C(=O)NCCN1CCCC1)C(N)=S. The Labute approximate surface area is 109 Å². The fourth-order valence-corrected chi connectivity index (χ4v) is 2.59. The fraction of sp³-hybridized carbons (Fsp3) is 0.833. The third kappa shape index (κ3) is 4.60. The third-order valence-electron chi connectivity index (χ3n) is 3.18. The Morgan fingerprint density at radius 3 is 2.47 bits per heavy atom. The molecule has 17 heavy (non-hydrogen) atoms. The van der Waals surface area contributed by atoms with Crippen molar-refractivity contribution in [1.82, 2.24) is 10.2 Å². The lowest BCUT2D eigenvalue weighted by Crippen LogP contribution is -2.43. The van der Waals surface area contributed by atoms with Gasteiger partial charge in [0.15, 0.2) is 0 Å². The van der Waals surface area contributed by atoms with Crippen molar-refractivity contribution in [3.8, 4) is 0 Å². The molecule has 3 N–H and O–H groups in total. The van der Waals surface area contributed by atoms with E-state index >= 15 is 0 Å². The van der Waals surface area contributed by atoms with E-state index in [0.29, 0.717) is 11.5 Å². The maximum atomic E-state index is 11.9. The molecule has 98 valence electrons. The van der Waals surface area contributed by atoms with E-state index in [1.807, 2.05) is 13.8 Å². The van der Waals surface area contributed by atoms with Crippen molar-refractivity contribution >= 4 is 23.1 Å². The molecule has 1 aliphatic rings. The molecule has 1 aliphatic heterocycles. The molecule has 0 bridgehead atoms. The van der Waals surface area contributed by atoms with Crippen LogP contribution in [0.5, 0.6) is 0 Å². The lowest BCUT2D eigenvalue weighted by atomic mass is 9.95. The molecule has 1 atom stereocenters. The van der Waals surface area contributed by atoms with Crippen molar-refractivity contribution in [2.75, 3.05) is 26.2 Å². The largest absolute Gasteiger partial charge is 0.393 e. The number of nitrogens with one attached hydrogen (secondary N) is 1. The molecule has 1 unspecified atom stereocenters. The van der Waals surface area contributed by atoms with E-state index in [2.05, 4.69) is 10.2 Å². The van der Waals surface area contributed by atoms with Crippen LogP contribution in [0, 0.1) is 11.8 Å². The Balaban J connectivity index is 2.29. The maximum absolute atomic E-state index is 11.9. The molecule has 1 amide bonds. The standard InChI is InChI=1S/C12H23N3OS/c1-9(2)10(11(13)17)12(16)14-5-8-15-6-3-4-7-15/h9-10H,3-8H2,1-2H3,(H2,13,17)(H,14,16). The highest BCUT2D eigenvalue weighted by molar-refractivity contribution is 7.80. The van der Waals surface area contributed by atoms with E-state index in [-0.39, 0.29) is 17.7 Å². The van der Waals surface area contributed by atoms with Crippen molar-refractivity contribution in [1.29, 1.82) is 0 Å². The van der Waals surface area contributed by atoms with Gasteiger partial charge in [-0.05, 0) is 31.8 Å². The molecule has 1 heterocycles. The smallest absolute Gasteiger partial charge is 0.230 e. The molecule has 1 fully saturated rings. The fourth-order valence-electron chi connectivity index (χ4n) is 2.21. The zero-order valence-corrected chi connectivity index (χ0v) is 11.6. The molecule has 0 radical (unpaired) electrons. The molecule has 0 aromatic rings. The number of carbonyl (C=O) groups is 1. The van der Waals surface area contributed by atoms with Gasteiger partial charge in [0.25, 0.3) is 0 Å². The average molecular weight is 257 g/mol. The van der Waals surface area contributed by atoms with Crippen LogP contribution in [0.1, 0.15) is 26.7 Å². The van der Waals surface area contributed by atoms with Gasteiger partial charge in [0.05, 0.1) is 10.9 Å². The summed E-state index contributed by atoms with van der Waals surface area (Å²) in [6.07, 6.45) is 2.55. The molecular formula is C12H23N3OS. The van der Waals surface area contributed by atoms with Crippen LogP contribution in [0.4, 0.5) is 0 Å². The van der Waals surface area contributed by atoms with Crippen LogP contribution in [0.2, 0.25) is 0 Å². The number of likely N-dealkylation sites (tertiary alicyclic amines) is 1. The summed E-state index contributed by atoms with van der Waals surface area (Å²) in [7, 11) is 0. The van der Waals surface area contributed by atoms with Crippen molar-refractivity contribution in [2.24, 2.45) is 17.6 Å². The summed E-state index contributed by atoms with van der Waals surface area (Å²) >= 11 is 4.93. The van der Waals surface area contributed by atoms with Gasteiger partial charge < -0.3 is 16.0 Å². The lowest BCUT2D eigenvalue weighted by Gasteiger charge is -2.20. The van der Waals surface area contributed by atoms with Crippen LogP contribution >= 0.6 is 12.2 Å². The van der Waals surface area contributed by atoms with Gasteiger partial charge in [-0.25, -0.2) is 0 Å². The lowest BCUT2D eigenvalue weighted by molar-refractivity contribution is -0.124. The molecule has 1 rings (SSSR count). The van der Waals surface area contributed by atoms with Gasteiger partial charge in [-0.3, -0.25) is 4.79 Å². The minimum atomic E-state index is -0.344. The molecule has 0 aromatic heterocycles. The summed E-state index contributed by atoms with van der Waals surface area (Å²) in [6.45, 7) is 7.84. The molecule has 5 heteroatoms. The van der Waals surface area contributed by atoms with E-state index in [9.17, 15) is 4.79 Å². The summed E-state index contributed by atoms with van der Waals surface area (Å²) in [6, 6.07) is 0. The predicted molar refractivity (Wildman–Crippen MR) is 73.8 cm³/mol. The molecule has 0 aromatic carbocycles. The Hall–Kier alpha value is -0.680. The average Bonchev–Trinajstić information content (AvgIpc) is 2.69. The molecule has 4 nitrogen and oxygen atoms in total. The van der Waals surface area contributed by atoms with E-state index in [1.54, 1.807) is 0 Å². The van der Waals surface area contributed by atoms with Crippen molar-refractivity contribution in [2.45, 2.75) is 26.7 Å². The number of nitrogens with zero attached hydrogens (tertiary/aromatic N) is 1. The first-order valence-corrected chi connectivity index (χ1v) is 6.72. The van der Waals surface area contributed by atoms with Crippen molar-refractivity contribution < 1.29 is 4.79 Å². The van der Waals surface area contributed by atoms with Gasteiger partial charge in [-0.2, -0.15) is 0 Å². The van der Waals surface area contributed by atoms with Crippen LogP contribution in [0.15, 0.2) is 0 Å². The zero-order valence-electron chi connectivity index (χ0n) is 10.7. The van der Waals surface area contributed by atoms with Crippen LogP contribution < -0.4 is 11.1 Å². The van der Waals surface area contributed by atoms with Crippen molar-refractivity contribution in [3.63, 3.8) is 0 Å². The highest BCUT2D eigenvalue weighted by Crippen LogP contribution is 2.11. The predicted octanol–water partition coefficient (Wildman–Crippen LogP) is 0.757. The highest BCUT2D eigenvalue weighted by atomic mass is 32.1. The topological polar surface area (TPSA) is 58.4 Å². The number of nitrogens with two attached hydrogens (primary N) is 1. The summed E-state index contributed by atoms with van der Waals surface area (Å²) < 4.78 is 0. The monoisotopic (exact) mass is 257 g/mol. The molecule has 1 saturated heterocycles. The second-order valence-corrected chi connectivity index (χ2v) is 5.44. The third-order valence-corrected chi connectivity index (χ3v) is 3.44. The summed E-state index contributed by atoms with van der Waals surface area (Å²) in [4.78, 5) is 14.6. The Bertz CT molecular complexity index is 275. The number of carbonyl (C=O) groups excluding carboxylic acids is 1. The number of hydrogen-bond donors (Lipinski definition) is 2. The molecule has 0 spiro atoms. The second-order valence-electron chi connectivity index (χ2n) is 4.96. The van der Waals surface area contributed by atoms with E-state index in [1.165, 1.54) is 12.8 Å². The Morgan fingerprint density at radius 1 is 1.41 bits per heavy atom. The van der Waals surface area contributed by atoms with Crippen molar-refractivity contribution in [3.05, 3.63) is 0 Å². The second kappa shape index (κ2) is 6.91. The van der Waals surface area contributed by atoms with E-state index < -0.39 is 0 Å². The minimum Gasteiger partial charge on any atom is -0.393 e. The summed E-state index contributed by atoms with van der Waals surface area (Å²) in [5, 5.41) is 2.92. The number of amides is 1. The van der Waals surface area contributed by atoms with Gasteiger partial charge in [0.2, 0.25) is 5.91 Å². The quantitative estimate of drug-likeness (QED) is 0.690. The molecule has 0 saturated carbocycles. The van der Waals surface area contributed by atoms with Crippen LogP contribution in [0.25, 0.3) is 0 Å². The van der Waals surface area contributed by atoms with Crippen LogP contribution in [-0.2, 0) is 4.79 Å². The highest BCUT2D eigenvalue weighted by Gasteiger charge is 2.24. The Morgan fingerprint density at radius 2 is 2.00 bits per heavy atom. The van der Waals surface area contributed by atoms with E-state index in [0.717, 1.165) is 19.6 Å². The first-order chi connectivity index (χ1) is 8.02. The van der Waals surface area contributed by atoms with Gasteiger partial charge >= 0.3 is 0 Å². The molecular weight excluding hydrogens is 234 g/mol. The first kappa shape index (κ1) is 14.4. The normalized spacial score (nSPS) is 18.3. The van der Waals surface area contributed by atoms with Gasteiger partial charge in [-0.15, -0.1) is 0 Å². The number of hydrogen-bond acceptors (Lipinski definition) is 3. The maximum Gasteiger partial charge on any atom is 0.230 e. The van der Waals surface area contributed by atoms with E-state index in [4.69, 9.17) is 18.0 Å². The van der Waals surface area contributed by atoms with Crippen LogP contribution in [0.3, 0.4) is 0 Å². The number of thiocarbonyl (C=S) groups is 1. The van der Waals surface area contributed by atoms with Gasteiger partial charge in [0.1, 0.15) is 0 Å². The van der Waals surface area contributed by atoms with Gasteiger partial charge in [0, 0.05) is 13.1 Å². The summed E-state index contributed by atoms with van der Waals surface area (Å²) in [5.74, 6) is -0.227. The van der Waals surface area contributed by atoms with Gasteiger partial charge in [-0.1, -0.05) is 26.1 Å². The van der Waals surface area contributed by atoms with Crippen LogP contribution in [-0.4, -0.2) is 42.0 Å². The minimum absolute atomic E-state index is 0.0355. The number of rotatable bonds is 6. The first-order valence-electron chi connectivity index (χ1n) is 6.31. The molecule has 0 aliphatic carbocycles. The Kier molecular flexibility index (Phi) is 5.85.